The van der Waals surface area contributed by atoms with Gasteiger partial charge in [-0.2, -0.15) is 18.3 Å². The van der Waals surface area contributed by atoms with E-state index in [1.165, 1.54) is 6.07 Å². The number of anilines is 2. The third-order valence-corrected chi connectivity index (χ3v) is 5.63. The van der Waals surface area contributed by atoms with Gasteiger partial charge < -0.3 is 26.2 Å². The first-order valence-corrected chi connectivity index (χ1v) is 10.9. The Bertz CT molecular complexity index is 1020. The molecule has 1 aliphatic heterocycles. The molecular weight excluding hydrogens is 449 g/mol. The number of amides is 1. The molecule has 0 bridgehead atoms. The lowest BCUT2D eigenvalue weighted by molar-refractivity contribution is -0.137. The summed E-state index contributed by atoms with van der Waals surface area (Å²) in [5, 5.41) is 6.27. The van der Waals surface area contributed by atoms with Crippen LogP contribution in [0.25, 0.3) is 0 Å². The summed E-state index contributed by atoms with van der Waals surface area (Å²) in [5.74, 6) is 10.8. The van der Waals surface area contributed by atoms with Gasteiger partial charge in [0.05, 0.1) is 5.56 Å². The number of nitrogens with one attached hydrogen (secondary N) is 2. The summed E-state index contributed by atoms with van der Waals surface area (Å²) in [7, 11) is 0. The van der Waals surface area contributed by atoms with E-state index in [9.17, 15) is 18.0 Å². The summed E-state index contributed by atoms with van der Waals surface area (Å²) in [6, 6.07) is 10.2. The second-order valence-corrected chi connectivity index (χ2v) is 8.29. The number of halogens is 3. The summed E-state index contributed by atoms with van der Waals surface area (Å²) in [6.45, 7) is 4.18. The molecule has 2 aromatic carbocycles. The number of amidine groups is 1. The van der Waals surface area contributed by atoms with Crippen molar-refractivity contribution in [2.75, 3.05) is 23.4 Å². The predicted molar refractivity (Wildman–Crippen MR) is 125 cm³/mol. The second-order valence-electron chi connectivity index (χ2n) is 8.29. The normalized spacial score (nSPS) is 17.1. The number of carbonyl (C=O) groups is 1. The molecule has 0 radical (unpaired) electrons. The molecule has 1 heterocycles. The number of hydrazone groups is 1. The first-order valence-electron chi connectivity index (χ1n) is 10.9. The zero-order valence-electron chi connectivity index (χ0n) is 19.0. The highest BCUT2D eigenvalue weighted by Crippen LogP contribution is 2.37. The molecule has 2 aromatic rings. The van der Waals surface area contributed by atoms with E-state index in [1.807, 2.05) is 13.8 Å². The summed E-state index contributed by atoms with van der Waals surface area (Å²) in [6.07, 6.45) is -3.45. The van der Waals surface area contributed by atoms with Crippen molar-refractivity contribution in [3.8, 4) is 5.75 Å². The van der Waals surface area contributed by atoms with E-state index in [2.05, 4.69) is 15.8 Å². The fourth-order valence-electron chi connectivity index (χ4n) is 3.72. The van der Waals surface area contributed by atoms with Gasteiger partial charge in [0.15, 0.2) is 5.84 Å². The van der Waals surface area contributed by atoms with Gasteiger partial charge >= 0.3 is 6.18 Å². The number of rotatable bonds is 7. The van der Waals surface area contributed by atoms with E-state index < -0.39 is 17.8 Å². The standard InChI is InChI=1S/C23H29F3N6O2/c1-14(2)15-5-10-19(18(12-15)23(24,25)26)29-20-4-3-11-32(22(20)33)16-6-8-17(9-7-16)34-13-21(30-27)31-28/h5-10,12,14,20,29H,3-4,11,13,27-28H2,1-2H3,(H,30,31). The van der Waals surface area contributed by atoms with Crippen molar-refractivity contribution in [2.45, 2.75) is 44.8 Å². The fourth-order valence-corrected chi connectivity index (χ4v) is 3.72. The highest BCUT2D eigenvalue weighted by molar-refractivity contribution is 5.99. The lowest BCUT2D eigenvalue weighted by Gasteiger charge is -2.33. The monoisotopic (exact) mass is 478 g/mol. The lowest BCUT2D eigenvalue weighted by Crippen LogP contribution is -2.48. The minimum atomic E-state index is -4.53. The molecule has 1 fully saturated rings. The van der Waals surface area contributed by atoms with Crippen LogP contribution in [0.3, 0.4) is 0 Å². The molecule has 1 unspecified atom stereocenters. The summed E-state index contributed by atoms with van der Waals surface area (Å²) < 4.78 is 46.6. The van der Waals surface area contributed by atoms with Crippen LogP contribution >= 0.6 is 0 Å². The van der Waals surface area contributed by atoms with Crippen molar-refractivity contribution in [3.63, 3.8) is 0 Å². The van der Waals surface area contributed by atoms with E-state index in [1.54, 1.807) is 35.2 Å². The summed E-state index contributed by atoms with van der Waals surface area (Å²) in [5.41, 5.74) is 2.66. The molecule has 3 rings (SSSR count). The van der Waals surface area contributed by atoms with Gasteiger partial charge in [0.1, 0.15) is 18.4 Å². The molecule has 0 aromatic heterocycles. The fraction of sp³-hybridized carbons (Fsp3) is 0.391. The van der Waals surface area contributed by atoms with Crippen molar-refractivity contribution in [1.29, 1.82) is 0 Å². The quantitative estimate of drug-likeness (QED) is 0.209. The topological polar surface area (TPSA) is 118 Å². The van der Waals surface area contributed by atoms with Crippen LogP contribution in [0.5, 0.6) is 5.75 Å². The van der Waals surface area contributed by atoms with Crippen LogP contribution in [0.2, 0.25) is 0 Å². The smallest absolute Gasteiger partial charge is 0.418 e. The molecule has 1 amide bonds. The van der Waals surface area contributed by atoms with E-state index >= 15 is 0 Å². The molecule has 1 saturated heterocycles. The number of nitrogens with two attached hydrogens (primary N) is 2. The molecule has 8 nitrogen and oxygen atoms in total. The first kappa shape index (κ1) is 25.2. The van der Waals surface area contributed by atoms with Crippen LogP contribution in [-0.4, -0.2) is 30.9 Å². The maximum atomic E-state index is 13.7. The number of benzene rings is 2. The van der Waals surface area contributed by atoms with Gasteiger partial charge in [-0.25, -0.2) is 5.84 Å². The molecule has 0 saturated carbocycles. The largest absolute Gasteiger partial charge is 0.486 e. The third kappa shape index (κ3) is 5.90. The Morgan fingerprint density at radius 1 is 1.24 bits per heavy atom. The van der Waals surface area contributed by atoms with Crippen LogP contribution in [-0.2, 0) is 11.0 Å². The zero-order valence-corrected chi connectivity index (χ0v) is 19.0. The summed E-state index contributed by atoms with van der Waals surface area (Å²) >= 11 is 0. The van der Waals surface area contributed by atoms with E-state index in [4.69, 9.17) is 16.4 Å². The summed E-state index contributed by atoms with van der Waals surface area (Å²) in [4.78, 5) is 14.7. The van der Waals surface area contributed by atoms with E-state index in [-0.39, 0.29) is 30.0 Å². The molecule has 184 valence electrons. The number of nitrogens with zero attached hydrogens (tertiary/aromatic N) is 2. The van der Waals surface area contributed by atoms with Gasteiger partial charge in [0.2, 0.25) is 5.91 Å². The molecule has 34 heavy (non-hydrogen) atoms. The molecular formula is C23H29F3N6O2. The molecule has 0 aliphatic carbocycles. The van der Waals surface area contributed by atoms with Crippen molar-refractivity contribution in [1.82, 2.24) is 5.43 Å². The van der Waals surface area contributed by atoms with Crippen LogP contribution in [0.1, 0.15) is 43.7 Å². The molecule has 0 spiro atoms. The number of hydrogen-bond acceptors (Lipinski definition) is 6. The minimum absolute atomic E-state index is 0.0398. The minimum Gasteiger partial charge on any atom is -0.486 e. The molecule has 1 aliphatic rings. The molecule has 1 atom stereocenters. The van der Waals surface area contributed by atoms with Crippen LogP contribution in [0.15, 0.2) is 47.6 Å². The number of hydrogen-bond donors (Lipinski definition) is 4. The Morgan fingerprint density at radius 3 is 2.53 bits per heavy atom. The Labute approximate surface area is 196 Å². The van der Waals surface area contributed by atoms with Crippen molar-refractivity contribution >= 4 is 23.1 Å². The second kappa shape index (κ2) is 10.6. The van der Waals surface area contributed by atoms with Gasteiger partial charge in [-0.1, -0.05) is 19.9 Å². The van der Waals surface area contributed by atoms with Crippen molar-refractivity contribution < 1.29 is 22.7 Å². The van der Waals surface area contributed by atoms with Crippen LogP contribution < -0.4 is 32.1 Å². The highest BCUT2D eigenvalue weighted by Gasteiger charge is 2.36. The van der Waals surface area contributed by atoms with E-state index in [0.29, 0.717) is 36.4 Å². The van der Waals surface area contributed by atoms with Gasteiger partial charge in [-0.05, 0) is 60.7 Å². The van der Waals surface area contributed by atoms with Gasteiger partial charge in [0, 0.05) is 17.9 Å². The number of piperidine rings is 1. The number of alkyl halides is 3. The highest BCUT2D eigenvalue weighted by atomic mass is 19.4. The van der Waals surface area contributed by atoms with E-state index in [0.717, 1.165) is 6.07 Å². The van der Waals surface area contributed by atoms with Gasteiger partial charge in [0.25, 0.3) is 0 Å². The Morgan fingerprint density at radius 2 is 1.94 bits per heavy atom. The lowest BCUT2D eigenvalue weighted by atomic mass is 9.98. The van der Waals surface area contributed by atoms with Gasteiger partial charge in [-0.3, -0.25) is 4.79 Å². The average Bonchev–Trinajstić information content (AvgIpc) is 2.81. The van der Waals surface area contributed by atoms with Crippen LogP contribution in [0, 0.1) is 0 Å². The zero-order chi connectivity index (χ0) is 24.9. The number of hydrazine groups is 1. The molecule has 11 heteroatoms. The SMILES string of the molecule is CC(C)c1ccc(NC2CCCN(c3ccc(OC/C(=N/N)NN)cc3)C2=O)c(C(F)(F)F)c1. The van der Waals surface area contributed by atoms with Gasteiger partial charge in [-0.15, -0.1) is 0 Å². The Balaban J connectivity index is 1.74. The average molecular weight is 479 g/mol. The number of ether oxygens (including phenoxy) is 1. The van der Waals surface area contributed by atoms with Crippen molar-refractivity contribution in [2.24, 2.45) is 16.8 Å². The Hall–Kier alpha value is -3.47. The first-order chi connectivity index (χ1) is 16.1. The Kier molecular flexibility index (Phi) is 7.87. The maximum absolute atomic E-state index is 13.7. The third-order valence-electron chi connectivity index (χ3n) is 5.63. The maximum Gasteiger partial charge on any atom is 0.418 e. The molecule has 6 N–H and O–H groups in total. The van der Waals surface area contributed by atoms with Crippen LogP contribution in [0.4, 0.5) is 24.5 Å². The van der Waals surface area contributed by atoms with Crippen molar-refractivity contribution in [3.05, 3.63) is 53.6 Å². The predicted octanol–water partition coefficient (Wildman–Crippen LogP) is 3.55. The number of carbonyl (C=O) groups excluding carboxylic acids is 1.